The summed E-state index contributed by atoms with van der Waals surface area (Å²) in [5, 5.41) is 3.56. The van der Waals surface area contributed by atoms with Gasteiger partial charge in [-0.15, -0.1) is 0 Å². The van der Waals surface area contributed by atoms with Crippen molar-refractivity contribution in [3.8, 4) is 5.75 Å². The Kier molecular flexibility index (Phi) is 4.25. The van der Waals surface area contributed by atoms with Gasteiger partial charge in [0, 0.05) is 6.42 Å². The average Bonchev–Trinajstić information content (AvgIpc) is 2.85. The molecule has 0 radical (unpaired) electrons. The smallest absolute Gasteiger partial charge is 0.450 e. The first-order valence-corrected chi connectivity index (χ1v) is 5.93. The van der Waals surface area contributed by atoms with E-state index in [0.717, 1.165) is 5.56 Å². The number of nitrogens with zero attached hydrogens (tertiary/aromatic N) is 2. The van der Waals surface area contributed by atoms with Crippen LogP contribution in [-0.4, -0.2) is 29.2 Å². The fourth-order valence-corrected chi connectivity index (χ4v) is 1.64. The predicted octanol–water partition coefficient (Wildman–Crippen LogP) is 2.34. The van der Waals surface area contributed by atoms with Gasteiger partial charge in [-0.2, -0.15) is 18.2 Å². The highest BCUT2D eigenvalue weighted by Crippen LogP contribution is 2.19. The number of hydrogen-bond acceptors (Lipinski definition) is 5. The minimum Gasteiger partial charge on any atom is -0.497 e. The van der Waals surface area contributed by atoms with Crippen LogP contribution in [0.4, 0.5) is 13.2 Å². The lowest BCUT2D eigenvalue weighted by Gasteiger charge is -2.01. The van der Waals surface area contributed by atoms with E-state index in [2.05, 4.69) is 14.7 Å². The van der Waals surface area contributed by atoms with Gasteiger partial charge >= 0.3 is 6.18 Å². The summed E-state index contributed by atoms with van der Waals surface area (Å²) < 4.78 is 46.1. The van der Waals surface area contributed by atoms with E-state index in [9.17, 15) is 18.0 Å². The maximum absolute atomic E-state index is 12.1. The van der Waals surface area contributed by atoms with E-state index in [1.165, 1.54) is 7.11 Å². The molecule has 1 heterocycles. The highest BCUT2D eigenvalue weighted by Gasteiger charge is 2.39. The number of halogens is 3. The van der Waals surface area contributed by atoms with E-state index >= 15 is 0 Å². The summed E-state index contributed by atoms with van der Waals surface area (Å²) in [5.74, 6) is -1.43. The SMILES string of the molecule is COc1cccc(Cc2noc(CC(=O)C(F)(F)F)n2)c1. The number of Topliss-reactive ketones (excluding diaryl/α,β-unsaturated/α-hetero) is 1. The standard InChI is InChI=1S/C13H11F3N2O3/c1-20-9-4-2-3-8(5-9)6-11-17-12(21-18-11)7-10(19)13(14,15)16/h2-5H,6-7H2,1H3. The molecule has 0 saturated carbocycles. The molecule has 2 rings (SSSR count). The van der Waals surface area contributed by atoms with Gasteiger partial charge < -0.3 is 9.26 Å². The summed E-state index contributed by atoms with van der Waals surface area (Å²) in [4.78, 5) is 14.6. The summed E-state index contributed by atoms with van der Waals surface area (Å²) in [7, 11) is 1.52. The molecule has 0 aliphatic heterocycles. The van der Waals surface area contributed by atoms with Gasteiger partial charge in [-0.05, 0) is 17.7 Å². The van der Waals surface area contributed by atoms with E-state index in [1.807, 2.05) is 0 Å². The molecule has 5 nitrogen and oxygen atoms in total. The zero-order valence-electron chi connectivity index (χ0n) is 11.0. The van der Waals surface area contributed by atoms with Gasteiger partial charge in [0.05, 0.1) is 13.5 Å². The van der Waals surface area contributed by atoms with Crippen LogP contribution in [0, 0.1) is 0 Å². The molecule has 0 N–H and O–H groups in total. The molecular weight excluding hydrogens is 289 g/mol. The van der Waals surface area contributed by atoms with E-state index in [-0.39, 0.29) is 18.1 Å². The number of ether oxygens (including phenoxy) is 1. The number of ketones is 1. The minimum absolute atomic E-state index is 0.202. The van der Waals surface area contributed by atoms with Gasteiger partial charge in [-0.3, -0.25) is 4.79 Å². The van der Waals surface area contributed by atoms with Gasteiger partial charge in [0.25, 0.3) is 0 Å². The number of rotatable bonds is 5. The quantitative estimate of drug-likeness (QED) is 0.848. The van der Waals surface area contributed by atoms with Crippen LogP contribution in [0.1, 0.15) is 17.3 Å². The maximum atomic E-state index is 12.1. The lowest BCUT2D eigenvalue weighted by Crippen LogP contribution is -2.24. The average molecular weight is 300 g/mol. The molecule has 112 valence electrons. The number of aromatic nitrogens is 2. The third kappa shape index (κ3) is 4.04. The van der Waals surface area contributed by atoms with Gasteiger partial charge in [0.15, 0.2) is 5.82 Å². The monoisotopic (exact) mass is 300 g/mol. The first-order valence-electron chi connectivity index (χ1n) is 5.93. The molecule has 0 unspecified atom stereocenters. The Hall–Kier alpha value is -2.38. The molecule has 0 atom stereocenters. The largest absolute Gasteiger partial charge is 0.497 e. The third-order valence-corrected chi connectivity index (χ3v) is 2.63. The summed E-state index contributed by atoms with van der Waals surface area (Å²) >= 11 is 0. The van der Waals surface area contributed by atoms with Crippen molar-refractivity contribution in [2.75, 3.05) is 7.11 Å². The molecule has 1 aromatic carbocycles. The molecule has 21 heavy (non-hydrogen) atoms. The van der Waals surface area contributed by atoms with Crippen molar-refractivity contribution in [1.29, 1.82) is 0 Å². The van der Waals surface area contributed by atoms with Crippen molar-refractivity contribution >= 4 is 5.78 Å². The third-order valence-electron chi connectivity index (χ3n) is 2.63. The molecule has 0 fully saturated rings. The molecule has 2 aromatic rings. The minimum atomic E-state index is -4.90. The van der Waals surface area contributed by atoms with Crippen molar-refractivity contribution in [3.63, 3.8) is 0 Å². The molecule has 8 heteroatoms. The number of benzene rings is 1. The van der Waals surface area contributed by atoms with Crippen LogP contribution in [0.5, 0.6) is 5.75 Å². The molecule has 0 bridgehead atoms. The van der Waals surface area contributed by atoms with Crippen LogP contribution in [0.15, 0.2) is 28.8 Å². The lowest BCUT2D eigenvalue weighted by atomic mass is 10.1. The maximum Gasteiger partial charge on any atom is 0.450 e. The first-order chi connectivity index (χ1) is 9.88. The summed E-state index contributed by atoms with van der Waals surface area (Å²) in [6, 6.07) is 7.06. The van der Waals surface area contributed by atoms with Gasteiger partial charge in [0.2, 0.25) is 11.7 Å². The second-order valence-electron chi connectivity index (χ2n) is 4.23. The number of methoxy groups -OCH3 is 1. The zero-order valence-corrected chi connectivity index (χ0v) is 11.0. The highest BCUT2D eigenvalue weighted by molar-refractivity contribution is 5.85. The molecule has 0 aliphatic rings. The number of carbonyl (C=O) groups is 1. The Morgan fingerprint density at radius 2 is 2.14 bits per heavy atom. The highest BCUT2D eigenvalue weighted by atomic mass is 19.4. The second-order valence-corrected chi connectivity index (χ2v) is 4.23. The Bertz CT molecular complexity index is 638. The van der Waals surface area contributed by atoms with E-state index in [4.69, 9.17) is 4.74 Å². The normalized spacial score (nSPS) is 11.4. The number of hydrogen-bond donors (Lipinski definition) is 0. The van der Waals surface area contributed by atoms with Crippen LogP contribution >= 0.6 is 0 Å². The van der Waals surface area contributed by atoms with E-state index in [1.54, 1.807) is 24.3 Å². The lowest BCUT2D eigenvalue weighted by molar-refractivity contribution is -0.170. The van der Waals surface area contributed by atoms with Crippen molar-refractivity contribution in [3.05, 3.63) is 41.5 Å². The Morgan fingerprint density at radius 1 is 1.38 bits per heavy atom. The van der Waals surface area contributed by atoms with Gasteiger partial charge in [-0.1, -0.05) is 17.3 Å². The predicted molar refractivity (Wildman–Crippen MR) is 64.9 cm³/mol. The Labute approximate surface area is 117 Å². The fourth-order valence-electron chi connectivity index (χ4n) is 1.64. The summed E-state index contributed by atoms with van der Waals surface area (Å²) in [6.45, 7) is 0. The van der Waals surface area contributed by atoms with Crippen LogP contribution in [0.3, 0.4) is 0 Å². The molecule has 0 saturated heterocycles. The topological polar surface area (TPSA) is 65.2 Å². The van der Waals surface area contributed by atoms with Crippen molar-refractivity contribution < 1.29 is 27.2 Å². The summed E-state index contributed by atoms with van der Waals surface area (Å²) in [6.07, 6.45) is -5.59. The Morgan fingerprint density at radius 3 is 2.81 bits per heavy atom. The van der Waals surface area contributed by atoms with Gasteiger partial charge in [-0.25, -0.2) is 0 Å². The van der Waals surface area contributed by atoms with Gasteiger partial charge in [0.1, 0.15) is 5.75 Å². The van der Waals surface area contributed by atoms with Crippen LogP contribution < -0.4 is 4.74 Å². The van der Waals surface area contributed by atoms with Crippen LogP contribution in [0.25, 0.3) is 0 Å². The first kappa shape index (κ1) is 15.0. The van der Waals surface area contributed by atoms with Crippen LogP contribution in [-0.2, 0) is 17.6 Å². The number of carbonyl (C=O) groups excluding carboxylic acids is 1. The molecular formula is C13H11F3N2O3. The molecule has 0 amide bonds. The zero-order chi connectivity index (χ0) is 15.5. The van der Waals surface area contributed by atoms with E-state index in [0.29, 0.717) is 5.75 Å². The van der Waals surface area contributed by atoms with Crippen molar-refractivity contribution in [2.24, 2.45) is 0 Å². The van der Waals surface area contributed by atoms with Crippen molar-refractivity contribution in [2.45, 2.75) is 19.0 Å². The Balaban J connectivity index is 2.04. The van der Waals surface area contributed by atoms with Crippen molar-refractivity contribution in [1.82, 2.24) is 10.1 Å². The van der Waals surface area contributed by atoms with Crippen LogP contribution in [0.2, 0.25) is 0 Å². The summed E-state index contributed by atoms with van der Waals surface area (Å²) in [5.41, 5.74) is 0.809. The van der Waals surface area contributed by atoms with E-state index < -0.39 is 18.4 Å². The fraction of sp³-hybridized carbons (Fsp3) is 0.308. The molecule has 1 aromatic heterocycles. The molecule has 0 aliphatic carbocycles. The molecule has 0 spiro atoms. The second kappa shape index (κ2) is 5.94. The number of alkyl halides is 3.